The number of hydrogen-bond acceptors (Lipinski definition) is 3. The Morgan fingerprint density at radius 3 is 2.68 bits per heavy atom. The van der Waals surface area contributed by atoms with Gasteiger partial charge in [0.1, 0.15) is 5.69 Å². The Hall–Kier alpha value is -1.49. The molecular weight excluding hydrogens is 352 g/mol. The monoisotopic (exact) mass is 373 g/mol. The molecule has 1 unspecified atom stereocenters. The number of anilines is 1. The van der Waals surface area contributed by atoms with E-state index in [0.717, 1.165) is 29.4 Å². The highest BCUT2D eigenvalue weighted by atomic mass is 35.5. The highest BCUT2D eigenvalue weighted by Gasteiger charge is 2.53. The first-order valence-corrected chi connectivity index (χ1v) is 9.96. The molecule has 0 saturated heterocycles. The molecule has 0 aliphatic carbocycles. The number of aliphatic hydroxyl groups is 1. The third-order valence-corrected chi connectivity index (χ3v) is 6.66. The highest BCUT2D eigenvalue weighted by molar-refractivity contribution is 8.13. The molecule has 1 atom stereocenters. The molecule has 0 spiro atoms. The Morgan fingerprint density at radius 2 is 1.92 bits per heavy atom. The topological polar surface area (TPSA) is 26.5 Å². The Kier molecular flexibility index (Phi) is 4.30. The van der Waals surface area contributed by atoms with Gasteiger partial charge in [-0.2, -0.15) is 0 Å². The molecular formula is C20H22ClN2OS+. The lowest BCUT2D eigenvalue weighted by Gasteiger charge is -2.24. The second-order valence-corrected chi connectivity index (χ2v) is 8.26. The molecule has 0 amide bonds. The van der Waals surface area contributed by atoms with Crippen LogP contribution >= 0.6 is 23.4 Å². The number of halogens is 1. The second kappa shape index (κ2) is 6.35. The molecule has 130 valence electrons. The molecule has 1 N–H and O–H groups in total. The maximum atomic E-state index is 11.6. The van der Waals surface area contributed by atoms with Crippen LogP contribution in [0.15, 0.2) is 42.5 Å². The van der Waals surface area contributed by atoms with Gasteiger partial charge in [-0.25, -0.2) is 9.48 Å². The maximum absolute atomic E-state index is 11.6. The fraction of sp³-hybridized carbons (Fsp3) is 0.350. The molecule has 2 heterocycles. The van der Waals surface area contributed by atoms with Crippen molar-refractivity contribution in [1.29, 1.82) is 0 Å². The molecule has 0 aromatic heterocycles. The largest absolute Gasteiger partial charge is 0.346 e. The maximum Gasteiger partial charge on any atom is 0.316 e. The van der Waals surface area contributed by atoms with E-state index in [1.165, 1.54) is 16.8 Å². The second-order valence-electron chi connectivity index (χ2n) is 6.76. The SMILES string of the molecule is Cc1cccc(N2CC(O)(c3ccc(Cl)cc3)[N+]3=C2SCCC3)c1C. The van der Waals surface area contributed by atoms with Gasteiger partial charge < -0.3 is 5.11 Å². The number of hydrogen-bond donors (Lipinski definition) is 1. The first kappa shape index (κ1) is 17.0. The molecule has 2 aliphatic rings. The van der Waals surface area contributed by atoms with Gasteiger partial charge in [0, 0.05) is 16.3 Å². The fourth-order valence-electron chi connectivity index (χ4n) is 3.68. The summed E-state index contributed by atoms with van der Waals surface area (Å²) >= 11 is 7.88. The lowest BCUT2D eigenvalue weighted by Crippen LogP contribution is -2.41. The van der Waals surface area contributed by atoms with Gasteiger partial charge >= 0.3 is 5.17 Å². The van der Waals surface area contributed by atoms with Crippen LogP contribution in [-0.2, 0) is 5.72 Å². The van der Waals surface area contributed by atoms with Crippen LogP contribution in [0.5, 0.6) is 0 Å². The van der Waals surface area contributed by atoms with Gasteiger partial charge in [-0.3, -0.25) is 0 Å². The van der Waals surface area contributed by atoms with E-state index in [-0.39, 0.29) is 0 Å². The number of amidine groups is 1. The number of rotatable bonds is 2. The van der Waals surface area contributed by atoms with Crippen LogP contribution in [0.1, 0.15) is 23.1 Å². The molecule has 2 aromatic carbocycles. The zero-order valence-electron chi connectivity index (χ0n) is 14.5. The van der Waals surface area contributed by atoms with E-state index >= 15 is 0 Å². The van der Waals surface area contributed by atoms with Gasteiger partial charge in [-0.15, -0.1) is 0 Å². The molecule has 4 rings (SSSR count). The van der Waals surface area contributed by atoms with Gasteiger partial charge in [0.25, 0.3) is 5.72 Å². The summed E-state index contributed by atoms with van der Waals surface area (Å²) in [7, 11) is 0. The number of thioether (sulfide) groups is 1. The van der Waals surface area contributed by atoms with Gasteiger partial charge in [-0.05, 0) is 61.4 Å². The smallest absolute Gasteiger partial charge is 0.316 e. The molecule has 0 radical (unpaired) electrons. The van der Waals surface area contributed by atoms with E-state index in [9.17, 15) is 5.11 Å². The Morgan fingerprint density at radius 1 is 1.16 bits per heavy atom. The van der Waals surface area contributed by atoms with E-state index in [4.69, 9.17) is 11.6 Å². The quantitative estimate of drug-likeness (QED) is 0.802. The minimum Gasteiger partial charge on any atom is -0.346 e. The summed E-state index contributed by atoms with van der Waals surface area (Å²) in [6, 6.07) is 14.0. The van der Waals surface area contributed by atoms with Crippen molar-refractivity contribution in [1.82, 2.24) is 0 Å². The predicted octanol–water partition coefficient (Wildman–Crippen LogP) is 4.13. The lowest BCUT2D eigenvalue weighted by molar-refractivity contribution is -0.656. The van der Waals surface area contributed by atoms with Crippen molar-refractivity contribution in [2.45, 2.75) is 26.0 Å². The van der Waals surface area contributed by atoms with Crippen LogP contribution in [0.4, 0.5) is 5.69 Å². The van der Waals surface area contributed by atoms with Gasteiger partial charge in [-0.1, -0.05) is 35.9 Å². The van der Waals surface area contributed by atoms with Crippen molar-refractivity contribution in [3.05, 3.63) is 64.2 Å². The first-order chi connectivity index (χ1) is 12.0. The van der Waals surface area contributed by atoms with Crippen LogP contribution in [0.2, 0.25) is 5.02 Å². The van der Waals surface area contributed by atoms with Crippen LogP contribution in [0.25, 0.3) is 0 Å². The Balaban J connectivity index is 1.83. The highest BCUT2D eigenvalue weighted by Crippen LogP contribution is 2.39. The van der Waals surface area contributed by atoms with Crippen LogP contribution in [0.3, 0.4) is 0 Å². The molecule has 0 saturated carbocycles. The van der Waals surface area contributed by atoms with Crippen molar-refractivity contribution in [3.63, 3.8) is 0 Å². The number of β-amino-alcohol motifs (C(OH)–C–C–N with tert-alkyl or cyclic N) is 1. The van der Waals surface area contributed by atoms with Crippen LogP contribution in [-0.4, -0.2) is 33.7 Å². The van der Waals surface area contributed by atoms with Crippen molar-refractivity contribution < 1.29 is 9.68 Å². The van der Waals surface area contributed by atoms with Crippen molar-refractivity contribution in [2.24, 2.45) is 0 Å². The van der Waals surface area contributed by atoms with E-state index in [2.05, 4.69) is 41.5 Å². The van der Waals surface area contributed by atoms with Crippen molar-refractivity contribution in [3.8, 4) is 0 Å². The van der Waals surface area contributed by atoms with E-state index in [1.807, 2.05) is 36.0 Å². The fourth-order valence-corrected chi connectivity index (χ4v) is 4.98. The predicted molar refractivity (Wildman–Crippen MR) is 106 cm³/mol. The first-order valence-electron chi connectivity index (χ1n) is 8.60. The van der Waals surface area contributed by atoms with E-state index in [1.54, 1.807) is 0 Å². The third-order valence-electron chi connectivity index (χ3n) is 5.22. The molecule has 0 fully saturated rings. The standard InChI is InChI=1S/C20H22ClN2OS/c1-14-5-3-6-18(15(14)2)22-13-20(24,16-7-9-17(21)10-8-16)23-11-4-12-25-19(22)23/h3,5-10,24H,4,11-13H2,1-2H3/q+1. The van der Waals surface area contributed by atoms with Crippen molar-refractivity contribution >= 4 is 34.2 Å². The normalized spacial score (nSPS) is 23.1. The molecule has 2 aromatic rings. The summed E-state index contributed by atoms with van der Waals surface area (Å²) < 4.78 is 2.16. The number of benzene rings is 2. The zero-order valence-corrected chi connectivity index (χ0v) is 16.1. The molecule has 25 heavy (non-hydrogen) atoms. The summed E-state index contributed by atoms with van der Waals surface area (Å²) in [5.41, 5.74) is 3.58. The van der Waals surface area contributed by atoms with Crippen LogP contribution < -0.4 is 4.90 Å². The Labute approximate surface area is 157 Å². The molecule has 2 aliphatic heterocycles. The summed E-state index contributed by atoms with van der Waals surface area (Å²) in [4.78, 5) is 2.28. The summed E-state index contributed by atoms with van der Waals surface area (Å²) in [6.45, 7) is 5.68. The summed E-state index contributed by atoms with van der Waals surface area (Å²) in [5.74, 6) is 1.09. The van der Waals surface area contributed by atoms with Gasteiger partial charge in [0.2, 0.25) is 0 Å². The Bertz CT molecular complexity index is 849. The van der Waals surface area contributed by atoms with Gasteiger partial charge in [0.15, 0.2) is 6.54 Å². The molecule has 5 heteroatoms. The number of aryl methyl sites for hydroxylation is 1. The minimum absolute atomic E-state index is 0.529. The van der Waals surface area contributed by atoms with E-state index < -0.39 is 5.72 Å². The third kappa shape index (κ3) is 2.77. The summed E-state index contributed by atoms with van der Waals surface area (Å²) in [6.07, 6.45) is 1.07. The number of nitrogens with zero attached hydrogens (tertiary/aromatic N) is 2. The van der Waals surface area contributed by atoms with Crippen molar-refractivity contribution in [2.75, 3.05) is 23.7 Å². The minimum atomic E-state index is -1.02. The summed E-state index contributed by atoms with van der Waals surface area (Å²) in [5, 5.41) is 13.5. The lowest BCUT2D eigenvalue weighted by atomic mass is 10.0. The van der Waals surface area contributed by atoms with Gasteiger partial charge in [0.05, 0.1) is 6.54 Å². The molecule has 0 bridgehead atoms. The average Bonchev–Trinajstić information content (AvgIpc) is 2.92. The zero-order chi connectivity index (χ0) is 17.6. The van der Waals surface area contributed by atoms with Crippen LogP contribution in [0, 0.1) is 13.8 Å². The molecule has 3 nitrogen and oxygen atoms in total. The average molecular weight is 374 g/mol. The van der Waals surface area contributed by atoms with E-state index in [0.29, 0.717) is 11.6 Å².